The first-order chi connectivity index (χ1) is 9.28. The van der Waals surface area contributed by atoms with E-state index in [1.54, 1.807) is 0 Å². The minimum absolute atomic E-state index is 0.879. The summed E-state index contributed by atoms with van der Waals surface area (Å²) in [4.78, 5) is 9.62. The molecular formula is C15H26N4. The van der Waals surface area contributed by atoms with Crippen LogP contribution in [-0.2, 0) is 13.1 Å². The fourth-order valence-corrected chi connectivity index (χ4v) is 2.34. The summed E-state index contributed by atoms with van der Waals surface area (Å²) in [6.45, 7) is 9.73. The summed E-state index contributed by atoms with van der Waals surface area (Å²) in [5.74, 6) is 0. The summed E-state index contributed by atoms with van der Waals surface area (Å²) in [7, 11) is 2.19. The molecule has 1 aliphatic heterocycles. The van der Waals surface area contributed by atoms with E-state index in [9.17, 15) is 0 Å². The minimum Gasteiger partial charge on any atom is -0.311 e. The van der Waals surface area contributed by atoms with Crippen molar-refractivity contribution in [2.24, 2.45) is 0 Å². The zero-order valence-corrected chi connectivity index (χ0v) is 12.2. The van der Waals surface area contributed by atoms with Gasteiger partial charge in [0, 0.05) is 39.3 Å². The van der Waals surface area contributed by atoms with E-state index in [-0.39, 0.29) is 0 Å². The van der Waals surface area contributed by atoms with Crippen LogP contribution in [0.1, 0.15) is 24.7 Å². The van der Waals surface area contributed by atoms with Crippen LogP contribution in [0, 0.1) is 0 Å². The van der Waals surface area contributed by atoms with Gasteiger partial charge in [-0.1, -0.05) is 13.0 Å². The summed E-state index contributed by atoms with van der Waals surface area (Å²) in [6, 6.07) is 6.37. The molecule has 1 aromatic rings. The Bertz CT molecular complexity index is 372. The van der Waals surface area contributed by atoms with Gasteiger partial charge in [-0.05, 0) is 32.1 Å². The average Bonchev–Trinajstić information content (AvgIpc) is 2.42. The molecule has 0 atom stereocenters. The third kappa shape index (κ3) is 4.90. The smallest absolute Gasteiger partial charge is 0.0547 e. The van der Waals surface area contributed by atoms with Crippen molar-refractivity contribution < 1.29 is 0 Å². The Morgan fingerprint density at radius 2 is 1.89 bits per heavy atom. The van der Waals surface area contributed by atoms with Gasteiger partial charge in [-0.3, -0.25) is 9.88 Å². The molecule has 0 radical (unpaired) electrons. The second-order valence-corrected chi connectivity index (χ2v) is 5.38. The van der Waals surface area contributed by atoms with E-state index in [2.05, 4.69) is 47.3 Å². The molecule has 0 spiro atoms. The number of nitrogens with one attached hydrogen (secondary N) is 1. The van der Waals surface area contributed by atoms with Crippen LogP contribution in [0.25, 0.3) is 0 Å². The van der Waals surface area contributed by atoms with E-state index < -0.39 is 0 Å². The molecular weight excluding hydrogens is 236 g/mol. The van der Waals surface area contributed by atoms with Gasteiger partial charge < -0.3 is 10.2 Å². The Morgan fingerprint density at radius 1 is 1.16 bits per heavy atom. The molecule has 0 amide bonds. The fourth-order valence-electron chi connectivity index (χ4n) is 2.34. The molecule has 1 N–H and O–H groups in total. The number of likely N-dealkylation sites (N-methyl/N-ethyl adjacent to an activating group) is 1. The number of hydrogen-bond donors (Lipinski definition) is 1. The van der Waals surface area contributed by atoms with Crippen LogP contribution in [-0.4, -0.2) is 54.6 Å². The molecule has 1 saturated heterocycles. The van der Waals surface area contributed by atoms with Crippen molar-refractivity contribution in [2.75, 3.05) is 39.8 Å². The summed E-state index contributed by atoms with van der Waals surface area (Å²) in [6.07, 6.45) is 1.17. The molecule has 0 bridgehead atoms. The van der Waals surface area contributed by atoms with Crippen LogP contribution in [0.2, 0.25) is 0 Å². The Kier molecular flexibility index (Phi) is 5.76. The van der Waals surface area contributed by atoms with Crippen LogP contribution in [0.4, 0.5) is 0 Å². The van der Waals surface area contributed by atoms with Crippen LogP contribution in [0.5, 0.6) is 0 Å². The number of pyridine rings is 1. The SMILES string of the molecule is CCCNCc1cccc(CN2CCN(C)CC2)n1. The Morgan fingerprint density at radius 3 is 2.63 bits per heavy atom. The molecule has 0 unspecified atom stereocenters. The normalized spacial score (nSPS) is 17.8. The largest absolute Gasteiger partial charge is 0.311 e. The van der Waals surface area contributed by atoms with Gasteiger partial charge in [0.2, 0.25) is 0 Å². The van der Waals surface area contributed by atoms with Gasteiger partial charge in [0.25, 0.3) is 0 Å². The van der Waals surface area contributed by atoms with E-state index in [1.165, 1.54) is 12.1 Å². The van der Waals surface area contributed by atoms with Crippen LogP contribution >= 0.6 is 0 Å². The maximum absolute atomic E-state index is 4.74. The van der Waals surface area contributed by atoms with Crippen molar-refractivity contribution in [1.29, 1.82) is 0 Å². The lowest BCUT2D eigenvalue weighted by Crippen LogP contribution is -2.44. The Hall–Kier alpha value is -0.970. The average molecular weight is 262 g/mol. The van der Waals surface area contributed by atoms with Gasteiger partial charge in [-0.2, -0.15) is 0 Å². The fraction of sp³-hybridized carbons (Fsp3) is 0.667. The Balaban J connectivity index is 1.84. The highest BCUT2D eigenvalue weighted by atomic mass is 15.2. The monoisotopic (exact) mass is 262 g/mol. The van der Waals surface area contributed by atoms with E-state index >= 15 is 0 Å². The maximum Gasteiger partial charge on any atom is 0.0547 e. The number of rotatable bonds is 6. The molecule has 19 heavy (non-hydrogen) atoms. The van der Waals surface area contributed by atoms with Crippen molar-refractivity contribution in [1.82, 2.24) is 20.1 Å². The molecule has 1 aromatic heterocycles. The first kappa shape index (κ1) is 14.4. The van der Waals surface area contributed by atoms with Crippen molar-refractivity contribution in [3.8, 4) is 0 Å². The van der Waals surface area contributed by atoms with E-state index in [1.807, 2.05) is 0 Å². The van der Waals surface area contributed by atoms with E-state index in [0.717, 1.165) is 51.5 Å². The van der Waals surface area contributed by atoms with Crippen LogP contribution in [0.3, 0.4) is 0 Å². The highest BCUT2D eigenvalue weighted by Crippen LogP contribution is 2.07. The molecule has 2 rings (SSSR count). The summed E-state index contributed by atoms with van der Waals surface area (Å²) in [5, 5.41) is 3.41. The number of aromatic nitrogens is 1. The van der Waals surface area contributed by atoms with Crippen LogP contribution < -0.4 is 5.32 Å². The minimum atomic E-state index is 0.879. The summed E-state index contributed by atoms with van der Waals surface area (Å²) >= 11 is 0. The standard InChI is InChI=1S/C15H26N4/c1-3-7-16-12-14-5-4-6-15(17-14)13-19-10-8-18(2)9-11-19/h4-6,16H,3,7-13H2,1-2H3. The van der Waals surface area contributed by atoms with Crippen molar-refractivity contribution in [3.63, 3.8) is 0 Å². The quantitative estimate of drug-likeness (QED) is 0.784. The molecule has 1 fully saturated rings. The Labute approximate surface area is 116 Å². The number of hydrogen-bond acceptors (Lipinski definition) is 4. The van der Waals surface area contributed by atoms with Gasteiger partial charge >= 0.3 is 0 Å². The van der Waals surface area contributed by atoms with Crippen molar-refractivity contribution >= 4 is 0 Å². The third-order valence-electron chi connectivity index (χ3n) is 3.58. The number of nitrogens with zero attached hydrogens (tertiary/aromatic N) is 3. The van der Waals surface area contributed by atoms with Gasteiger partial charge in [0.05, 0.1) is 11.4 Å². The molecule has 106 valence electrons. The van der Waals surface area contributed by atoms with Crippen molar-refractivity contribution in [2.45, 2.75) is 26.4 Å². The topological polar surface area (TPSA) is 31.4 Å². The summed E-state index contributed by atoms with van der Waals surface area (Å²) in [5.41, 5.74) is 2.35. The molecule has 4 heteroatoms. The maximum atomic E-state index is 4.74. The molecule has 0 aliphatic carbocycles. The predicted molar refractivity (Wildman–Crippen MR) is 79.0 cm³/mol. The molecule has 2 heterocycles. The first-order valence-corrected chi connectivity index (χ1v) is 7.34. The first-order valence-electron chi connectivity index (χ1n) is 7.34. The van der Waals surface area contributed by atoms with E-state index in [4.69, 9.17) is 4.98 Å². The lowest BCUT2D eigenvalue weighted by atomic mass is 10.2. The third-order valence-corrected chi connectivity index (χ3v) is 3.58. The molecule has 0 saturated carbocycles. The van der Waals surface area contributed by atoms with Gasteiger partial charge in [-0.15, -0.1) is 0 Å². The summed E-state index contributed by atoms with van der Waals surface area (Å²) < 4.78 is 0. The molecule has 4 nitrogen and oxygen atoms in total. The highest BCUT2D eigenvalue weighted by Gasteiger charge is 2.14. The predicted octanol–water partition coefficient (Wildman–Crippen LogP) is 1.33. The van der Waals surface area contributed by atoms with Crippen LogP contribution in [0.15, 0.2) is 18.2 Å². The second-order valence-electron chi connectivity index (χ2n) is 5.38. The lowest BCUT2D eigenvalue weighted by molar-refractivity contribution is 0.147. The zero-order chi connectivity index (χ0) is 13.5. The second kappa shape index (κ2) is 7.58. The van der Waals surface area contributed by atoms with Crippen molar-refractivity contribution in [3.05, 3.63) is 29.6 Å². The lowest BCUT2D eigenvalue weighted by Gasteiger charge is -2.32. The van der Waals surface area contributed by atoms with Gasteiger partial charge in [0.1, 0.15) is 0 Å². The number of piperazine rings is 1. The van der Waals surface area contributed by atoms with E-state index in [0.29, 0.717) is 0 Å². The van der Waals surface area contributed by atoms with Gasteiger partial charge in [-0.25, -0.2) is 0 Å². The van der Waals surface area contributed by atoms with Gasteiger partial charge in [0.15, 0.2) is 0 Å². The molecule has 1 aliphatic rings. The highest BCUT2D eigenvalue weighted by molar-refractivity contribution is 5.11. The zero-order valence-electron chi connectivity index (χ0n) is 12.2. The molecule has 0 aromatic carbocycles.